The number of carbonyl (C=O) groups excluding carboxylic acids is 2. The van der Waals surface area contributed by atoms with Gasteiger partial charge in [0, 0.05) is 30.8 Å². The molecule has 2 aliphatic rings. The van der Waals surface area contributed by atoms with Gasteiger partial charge in [0.05, 0.1) is 24.8 Å². The number of nitrogens with zero attached hydrogens (tertiary/aromatic N) is 3. The zero-order valence-corrected chi connectivity index (χ0v) is 13.5. The Morgan fingerprint density at radius 3 is 3.04 bits per heavy atom. The van der Waals surface area contributed by atoms with Gasteiger partial charge in [-0.15, -0.1) is 0 Å². The molecule has 124 valence electrons. The molecule has 1 aromatic heterocycles. The third kappa shape index (κ3) is 3.13. The molecular weight excluding hydrogens is 296 g/mol. The molecule has 0 unspecified atom stereocenters. The van der Waals surface area contributed by atoms with Gasteiger partial charge < -0.3 is 15.0 Å². The summed E-state index contributed by atoms with van der Waals surface area (Å²) >= 11 is 0. The summed E-state index contributed by atoms with van der Waals surface area (Å²) in [7, 11) is 0. The molecule has 7 nitrogen and oxygen atoms in total. The SMILES string of the molecule is CCOC(=O)CCNC(=O)N1[C@H]2CC[C@@H]1c1cnc(C)nc1C2. The Labute approximate surface area is 135 Å². The molecule has 2 amide bonds. The first-order valence-corrected chi connectivity index (χ1v) is 8.14. The Morgan fingerprint density at radius 1 is 1.43 bits per heavy atom. The Hall–Kier alpha value is -2.18. The average Bonchev–Trinajstić information content (AvgIpc) is 2.83. The van der Waals surface area contributed by atoms with E-state index in [9.17, 15) is 9.59 Å². The zero-order chi connectivity index (χ0) is 16.4. The van der Waals surface area contributed by atoms with Gasteiger partial charge in [0.25, 0.3) is 0 Å². The number of rotatable bonds is 4. The molecule has 7 heteroatoms. The molecule has 0 radical (unpaired) electrons. The van der Waals surface area contributed by atoms with Crippen LogP contribution in [-0.4, -0.2) is 46.1 Å². The first kappa shape index (κ1) is 15.7. The maximum absolute atomic E-state index is 12.5. The third-order valence-corrected chi connectivity index (χ3v) is 4.46. The van der Waals surface area contributed by atoms with Gasteiger partial charge >= 0.3 is 12.0 Å². The number of aromatic nitrogens is 2. The molecule has 0 aromatic carbocycles. The fourth-order valence-electron chi connectivity index (χ4n) is 3.48. The molecular formula is C16H22N4O3. The van der Waals surface area contributed by atoms with Crippen molar-refractivity contribution in [2.75, 3.05) is 13.2 Å². The number of nitrogens with one attached hydrogen (secondary N) is 1. The standard InChI is InChI=1S/C16H22N4O3/c1-3-23-15(21)6-7-17-16(22)20-11-4-5-14(20)12-9-18-10(2)19-13(12)8-11/h9,11,14H,3-8H2,1-2H3,(H,17,22)/t11-,14+/m0/s1. The first-order chi connectivity index (χ1) is 11.1. The fourth-order valence-corrected chi connectivity index (χ4v) is 3.48. The van der Waals surface area contributed by atoms with E-state index in [2.05, 4.69) is 15.3 Å². The maximum atomic E-state index is 12.5. The lowest BCUT2D eigenvalue weighted by molar-refractivity contribution is -0.142. The van der Waals surface area contributed by atoms with Crippen LogP contribution >= 0.6 is 0 Å². The number of carbonyl (C=O) groups is 2. The predicted molar refractivity (Wildman–Crippen MR) is 82.7 cm³/mol. The van der Waals surface area contributed by atoms with Crippen molar-refractivity contribution in [2.24, 2.45) is 0 Å². The number of amides is 2. The van der Waals surface area contributed by atoms with Crippen molar-refractivity contribution >= 4 is 12.0 Å². The monoisotopic (exact) mass is 318 g/mol. The van der Waals surface area contributed by atoms with E-state index in [1.165, 1.54) is 0 Å². The van der Waals surface area contributed by atoms with Crippen LogP contribution in [0.25, 0.3) is 0 Å². The maximum Gasteiger partial charge on any atom is 0.318 e. The number of hydrogen-bond donors (Lipinski definition) is 1. The van der Waals surface area contributed by atoms with E-state index in [1.54, 1.807) is 6.92 Å². The number of aryl methyl sites for hydroxylation is 1. The number of urea groups is 1. The predicted octanol–water partition coefficient (Wildman–Crippen LogP) is 1.51. The molecule has 1 saturated heterocycles. The van der Waals surface area contributed by atoms with E-state index < -0.39 is 0 Å². The molecule has 0 spiro atoms. The Bertz CT molecular complexity index is 619. The van der Waals surface area contributed by atoms with Crippen LogP contribution in [0.15, 0.2) is 6.20 Å². The Balaban J connectivity index is 1.64. The van der Waals surface area contributed by atoms with Crippen LogP contribution in [0.2, 0.25) is 0 Å². The second kappa shape index (κ2) is 6.52. The number of ether oxygens (including phenoxy) is 1. The molecule has 2 aliphatic heterocycles. The fraction of sp³-hybridized carbons (Fsp3) is 0.625. The van der Waals surface area contributed by atoms with Crippen LogP contribution < -0.4 is 5.32 Å². The van der Waals surface area contributed by atoms with Gasteiger partial charge in [0.1, 0.15) is 5.82 Å². The van der Waals surface area contributed by atoms with Crippen LogP contribution in [0.1, 0.15) is 49.3 Å². The second-order valence-corrected chi connectivity index (χ2v) is 5.96. The van der Waals surface area contributed by atoms with E-state index in [1.807, 2.05) is 18.0 Å². The summed E-state index contributed by atoms with van der Waals surface area (Å²) < 4.78 is 4.86. The van der Waals surface area contributed by atoms with Crippen molar-refractivity contribution in [3.05, 3.63) is 23.3 Å². The van der Waals surface area contributed by atoms with Gasteiger partial charge in [-0.3, -0.25) is 4.79 Å². The largest absolute Gasteiger partial charge is 0.466 e. The molecule has 3 heterocycles. The average molecular weight is 318 g/mol. The van der Waals surface area contributed by atoms with Gasteiger partial charge in [-0.2, -0.15) is 0 Å². The molecule has 1 N–H and O–H groups in total. The van der Waals surface area contributed by atoms with Crippen molar-refractivity contribution in [2.45, 2.75) is 51.6 Å². The topological polar surface area (TPSA) is 84.4 Å². The molecule has 0 saturated carbocycles. The van der Waals surface area contributed by atoms with Crippen molar-refractivity contribution in [3.8, 4) is 0 Å². The van der Waals surface area contributed by atoms with E-state index in [0.717, 1.165) is 36.3 Å². The molecule has 23 heavy (non-hydrogen) atoms. The zero-order valence-electron chi connectivity index (χ0n) is 13.5. The van der Waals surface area contributed by atoms with Gasteiger partial charge in [-0.25, -0.2) is 14.8 Å². The molecule has 2 bridgehead atoms. The highest BCUT2D eigenvalue weighted by atomic mass is 16.5. The molecule has 3 rings (SSSR count). The quantitative estimate of drug-likeness (QED) is 0.851. The second-order valence-electron chi connectivity index (χ2n) is 5.96. The van der Waals surface area contributed by atoms with E-state index in [0.29, 0.717) is 13.2 Å². The number of esters is 1. The van der Waals surface area contributed by atoms with Crippen LogP contribution in [-0.2, 0) is 16.0 Å². The van der Waals surface area contributed by atoms with Gasteiger partial charge in [0.15, 0.2) is 0 Å². The van der Waals surface area contributed by atoms with E-state index in [4.69, 9.17) is 4.74 Å². The molecule has 1 fully saturated rings. The highest BCUT2D eigenvalue weighted by molar-refractivity contribution is 5.77. The summed E-state index contributed by atoms with van der Waals surface area (Å²) in [5.74, 6) is 0.485. The third-order valence-electron chi connectivity index (χ3n) is 4.46. The lowest BCUT2D eigenvalue weighted by atomic mass is 9.99. The molecule has 2 atom stereocenters. The smallest absolute Gasteiger partial charge is 0.318 e. The number of fused-ring (bicyclic) bond motifs is 4. The van der Waals surface area contributed by atoms with Gasteiger partial charge in [-0.1, -0.05) is 0 Å². The van der Waals surface area contributed by atoms with E-state index in [-0.39, 0.29) is 30.5 Å². The van der Waals surface area contributed by atoms with Crippen LogP contribution in [0.4, 0.5) is 4.79 Å². The summed E-state index contributed by atoms with van der Waals surface area (Å²) in [6, 6.07) is 0.115. The highest BCUT2D eigenvalue weighted by Crippen LogP contribution is 2.42. The van der Waals surface area contributed by atoms with Crippen molar-refractivity contribution in [3.63, 3.8) is 0 Å². The summed E-state index contributed by atoms with van der Waals surface area (Å²) in [5.41, 5.74) is 2.13. The lowest BCUT2D eigenvalue weighted by Crippen LogP contribution is -2.47. The highest BCUT2D eigenvalue weighted by Gasteiger charge is 2.43. The van der Waals surface area contributed by atoms with Crippen molar-refractivity contribution in [1.82, 2.24) is 20.2 Å². The van der Waals surface area contributed by atoms with Gasteiger partial charge in [0.2, 0.25) is 0 Å². The molecule has 0 aliphatic carbocycles. The first-order valence-electron chi connectivity index (χ1n) is 8.14. The molecule has 1 aromatic rings. The summed E-state index contributed by atoms with van der Waals surface area (Å²) in [6.45, 7) is 4.31. The lowest BCUT2D eigenvalue weighted by Gasteiger charge is -2.35. The van der Waals surface area contributed by atoms with Crippen molar-refractivity contribution < 1.29 is 14.3 Å². The van der Waals surface area contributed by atoms with E-state index >= 15 is 0 Å². The minimum absolute atomic E-state index is 0.0481. The van der Waals surface area contributed by atoms with Gasteiger partial charge in [-0.05, 0) is 26.7 Å². The summed E-state index contributed by atoms with van der Waals surface area (Å²) in [5, 5.41) is 2.83. The normalized spacial score (nSPS) is 21.7. The van der Waals surface area contributed by atoms with Crippen LogP contribution in [0, 0.1) is 6.92 Å². The Kier molecular flexibility index (Phi) is 4.45. The minimum atomic E-state index is -0.288. The van der Waals surface area contributed by atoms with Crippen LogP contribution in [0.5, 0.6) is 0 Å². The summed E-state index contributed by atoms with van der Waals surface area (Å²) in [4.78, 5) is 34.5. The van der Waals surface area contributed by atoms with Crippen LogP contribution in [0.3, 0.4) is 0 Å². The number of hydrogen-bond acceptors (Lipinski definition) is 5. The van der Waals surface area contributed by atoms with Crippen molar-refractivity contribution in [1.29, 1.82) is 0 Å². The Morgan fingerprint density at radius 2 is 2.26 bits per heavy atom. The minimum Gasteiger partial charge on any atom is -0.466 e. The summed E-state index contributed by atoms with van der Waals surface area (Å²) in [6.07, 6.45) is 4.74.